The van der Waals surface area contributed by atoms with Gasteiger partial charge in [-0.05, 0) is 35.2 Å². The van der Waals surface area contributed by atoms with Crippen LogP contribution in [0.3, 0.4) is 0 Å². The zero-order valence-electron chi connectivity index (χ0n) is 21.6. The van der Waals surface area contributed by atoms with Crippen molar-refractivity contribution >= 4 is 34.6 Å². The van der Waals surface area contributed by atoms with Gasteiger partial charge in [0.2, 0.25) is 0 Å². The third-order valence-corrected chi connectivity index (χ3v) is 5.85. The van der Waals surface area contributed by atoms with Gasteiger partial charge in [-0.15, -0.1) is 0 Å². The molecule has 4 aromatic rings. The Morgan fingerprint density at radius 3 is 2.43 bits per heavy atom. The zero-order chi connectivity index (χ0) is 26.7. The van der Waals surface area contributed by atoms with E-state index in [9.17, 15) is 4.79 Å². The summed E-state index contributed by atoms with van der Waals surface area (Å²) >= 11 is 0. The summed E-state index contributed by atoms with van der Waals surface area (Å²) in [6, 6.07) is 17.5. The average Bonchev–Trinajstić information content (AvgIpc) is 3.22. The Balaban J connectivity index is 1.88. The first-order chi connectivity index (χ1) is 17.6. The van der Waals surface area contributed by atoms with Gasteiger partial charge in [0.1, 0.15) is 23.0 Å². The number of hydrogen-bond donors (Lipinski definition) is 3. The molecule has 10 nitrogen and oxygen atoms in total. The normalized spacial score (nSPS) is 11.8. The first-order valence-corrected chi connectivity index (χ1v) is 11.9. The second-order valence-electron chi connectivity index (χ2n) is 9.99. The van der Waals surface area contributed by atoms with Crippen LogP contribution >= 0.6 is 0 Å². The van der Waals surface area contributed by atoms with Crippen molar-refractivity contribution in [2.24, 2.45) is 23.3 Å². The number of anilines is 3. The number of nitrogens with zero attached hydrogens (tertiary/aromatic N) is 6. The highest BCUT2D eigenvalue weighted by atomic mass is 16.1. The molecule has 4 rings (SSSR count). The van der Waals surface area contributed by atoms with Crippen LogP contribution in [0.15, 0.2) is 77.3 Å². The van der Waals surface area contributed by atoms with Crippen molar-refractivity contribution in [2.75, 3.05) is 10.3 Å². The molecule has 192 valence electrons. The van der Waals surface area contributed by atoms with Crippen LogP contribution < -0.4 is 27.2 Å². The van der Waals surface area contributed by atoms with Gasteiger partial charge in [-0.2, -0.15) is 10.2 Å². The number of para-hydroxylation sites is 1. The number of benzene rings is 2. The predicted octanol–water partition coefficient (Wildman–Crippen LogP) is 3.71. The van der Waals surface area contributed by atoms with E-state index in [-0.39, 0.29) is 16.6 Å². The fourth-order valence-corrected chi connectivity index (χ4v) is 4.13. The van der Waals surface area contributed by atoms with Crippen molar-refractivity contribution in [1.29, 1.82) is 5.41 Å². The number of fused-ring (bicyclic) bond motifs is 1. The lowest BCUT2D eigenvalue weighted by molar-refractivity contribution is 0.336. The molecule has 0 spiro atoms. The van der Waals surface area contributed by atoms with Crippen LogP contribution in [0.4, 0.5) is 17.2 Å². The number of nitrogens with one attached hydrogen (secondary N) is 2. The van der Waals surface area contributed by atoms with Gasteiger partial charge in [0, 0.05) is 25.5 Å². The van der Waals surface area contributed by atoms with E-state index in [0.29, 0.717) is 29.9 Å². The van der Waals surface area contributed by atoms with Gasteiger partial charge in [-0.1, -0.05) is 57.7 Å². The van der Waals surface area contributed by atoms with Crippen molar-refractivity contribution in [3.8, 4) is 0 Å². The van der Waals surface area contributed by atoms with Gasteiger partial charge < -0.3 is 11.1 Å². The van der Waals surface area contributed by atoms with E-state index in [0.717, 1.165) is 16.9 Å². The molecule has 2 aromatic carbocycles. The second kappa shape index (κ2) is 10.2. The molecule has 0 amide bonds. The number of hydrazone groups is 1. The average molecular weight is 500 g/mol. The minimum absolute atomic E-state index is 0.103. The van der Waals surface area contributed by atoms with Crippen LogP contribution in [0.25, 0.3) is 11.0 Å². The van der Waals surface area contributed by atoms with Gasteiger partial charge >= 0.3 is 5.69 Å². The number of nitrogens with two attached hydrogens (primary N) is 1. The molecule has 2 heterocycles. The van der Waals surface area contributed by atoms with Crippen molar-refractivity contribution in [3.05, 3.63) is 88.9 Å². The first kappa shape index (κ1) is 25.5. The Bertz CT molecular complexity index is 1550. The van der Waals surface area contributed by atoms with Gasteiger partial charge in [0.25, 0.3) is 0 Å². The van der Waals surface area contributed by atoms with E-state index in [2.05, 4.69) is 37.8 Å². The Kier molecular flexibility index (Phi) is 7.01. The minimum atomic E-state index is -0.266. The standard InChI is InChI=1S/C27H33N9O/c1-6-35(30-18-28)21-14-12-19(13-15-21)16-36-24(31-20-10-8-7-9-11-20)22-23(29)33(5)26(37)34(25(22)32-36)17-27(2,3)4/h6-15,18,29,31H,1,16-17H2,2-5H3,(H2,28,30). The van der Waals surface area contributed by atoms with Crippen LogP contribution in [-0.2, 0) is 20.1 Å². The highest BCUT2D eigenvalue weighted by Gasteiger charge is 2.23. The summed E-state index contributed by atoms with van der Waals surface area (Å²) in [5, 5.41) is 23.4. The fourth-order valence-electron chi connectivity index (χ4n) is 4.13. The van der Waals surface area contributed by atoms with Crippen LogP contribution in [0.2, 0.25) is 0 Å². The second-order valence-corrected chi connectivity index (χ2v) is 9.99. The van der Waals surface area contributed by atoms with Gasteiger partial charge in [-0.25, -0.2) is 14.5 Å². The Morgan fingerprint density at radius 2 is 1.84 bits per heavy atom. The predicted molar refractivity (Wildman–Crippen MR) is 149 cm³/mol. The number of hydrogen-bond acceptors (Lipinski definition) is 6. The van der Waals surface area contributed by atoms with Crippen LogP contribution in [0.5, 0.6) is 0 Å². The quantitative estimate of drug-likeness (QED) is 0.194. The number of rotatable bonds is 8. The molecule has 0 aliphatic carbocycles. The molecule has 0 saturated heterocycles. The third kappa shape index (κ3) is 5.32. The molecule has 37 heavy (non-hydrogen) atoms. The summed E-state index contributed by atoms with van der Waals surface area (Å²) in [7, 11) is 1.63. The zero-order valence-corrected chi connectivity index (χ0v) is 21.6. The lowest BCUT2D eigenvalue weighted by atomic mass is 9.97. The van der Waals surface area contributed by atoms with E-state index >= 15 is 0 Å². The van der Waals surface area contributed by atoms with Crippen LogP contribution in [0, 0.1) is 10.8 Å². The maximum atomic E-state index is 13.2. The molecule has 0 aliphatic heterocycles. The van der Waals surface area contributed by atoms with Gasteiger partial charge in [0.15, 0.2) is 5.65 Å². The topological polar surface area (TPSA) is 122 Å². The Labute approximate surface area is 215 Å². The summed E-state index contributed by atoms with van der Waals surface area (Å²) in [6.45, 7) is 10.9. The molecule has 0 fully saturated rings. The number of aromatic nitrogens is 4. The fraction of sp³-hybridized carbons (Fsp3) is 0.259. The van der Waals surface area contributed by atoms with Crippen molar-refractivity contribution in [1.82, 2.24) is 18.9 Å². The van der Waals surface area contributed by atoms with Gasteiger partial charge in [0.05, 0.1) is 12.2 Å². The molecule has 0 radical (unpaired) electrons. The van der Waals surface area contributed by atoms with Crippen molar-refractivity contribution in [2.45, 2.75) is 33.9 Å². The van der Waals surface area contributed by atoms with E-state index < -0.39 is 0 Å². The maximum Gasteiger partial charge on any atom is 0.331 e. The van der Waals surface area contributed by atoms with Crippen molar-refractivity contribution < 1.29 is 0 Å². The summed E-state index contributed by atoms with van der Waals surface area (Å²) in [4.78, 5) is 13.2. The summed E-state index contributed by atoms with van der Waals surface area (Å²) < 4.78 is 4.84. The molecular formula is C27H33N9O. The molecule has 4 N–H and O–H groups in total. The van der Waals surface area contributed by atoms with E-state index in [1.165, 1.54) is 10.9 Å². The summed E-state index contributed by atoms with van der Waals surface area (Å²) in [5.41, 5.74) is 8.24. The third-order valence-electron chi connectivity index (χ3n) is 5.85. The van der Waals surface area contributed by atoms with Gasteiger partial charge in [-0.3, -0.25) is 14.5 Å². The summed E-state index contributed by atoms with van der Waals surface area (Å²) in [6.07, 6.45) is 2.78. The monoisotopic (exact) mass is 499 g/mol. The largest absolute Gasteiger partial charge is 0.388 e. The lowest BCUT2D eigenvalue weighted by Gasteiger charge is -2.20. The Hall–Kier alpha value is -4.60. The minimum Gasteiger partial charge on any atom is -0.388 e. The molecule has 10 heteroatoms. The molecular weight excluding hydrogens is 466 g/mol. The molecule has 0 unspecified atom stereocenters. The molecule has 0 aliphatic rings. The molecule has 0 atom stereocenters. The molecule has 2 aromatic heterocycles. The van der Waals surface area contributed by atoms with Crippen LogP contribution in [0.1, 0.15) is 26.3 Å². The van der Waals surface area contributed by atoms with E-state index in [1.807, 2.05) is 59.3 Å². The van der Waals surface area contributed by atoms with Crippen molar-refractivity contribution in [3.63, 3.8) is 0 Å². The lowest BCUT2D eigenvalue weighted by Crippen LogP contribution is -2.40. The van der Waals surface area contributed by atoms with E-state index in [4.69, 9.17) is 16.2 Å². The molecule has 0 saturated carbocycles. The SMILES string of the molecule is C=CN(/N=C\N)c1ccc(Cn2nc3c(c2Nc2ccccc2)c(=N)n(C)c(=O)n3CC(C)(C)C)cc1. The molecule has 0 bridgehead atoms. The van der Waals surface area contributed by atoms with Crippen LogP contribution in [-0.4, -0.2) is 25.3 Å². The summed E-state index contributed by atoms with van der Waals surface area (Å²) in [5.74, 6) is 0.647. The highest BCUT2D eigenvalue weighted by Crippen LogP contribution is 2.27. The Morgan fingerprint density at radius 1 is 1.16 bits per heavy atom. The first-order valence-electron chi connectivity index (χ1n) is 11.9. The smallest absolute Gasteiger partial charge is 0.331 e. The maximum absolute atomic E-state index is 13.2. The highest BCUT2D eigenvalue weighted by molar-refractivity contribution is 5.89. The van der Waals surface area contributed by atoms with E-state index in [1.54, 1.807) is 22.8 Å².